The fourth-order valence-electron chi connectivity index (χ4n) is 1.97. The van der Waals surface area contributed by atoms with Crippen LogP contribution in [0.4, 0.5) is 0 Å². The number of carbonyl (C=O) groups excluding carboxylic acids is 1. The van der Waals surface area contributed by atoms with Gasteiger partial charge in [-0.2, -0.15) is 0 Å². The van der Waals surface area contributed by atoms with E-state index in [0.717, 1.165) is 17.7 Å². The Bertz CT molecular complexity index is 592. The van der Waals surface area contributed by atoms with Gasteiger partial charge in [-0.25, -0.2) is 0 Å². The molecule has 1 amide bonds. The zero-order chi connectivity index (χ0) is 14.5. The van der Waals surface area contributed by atoms with Crippen molar-refractivity contribution in [2.24, 2.45) is 0 Å². The molecule has 5 heteroatoms. The van der Waals surface area contributed by atoms with E-state index in [2.05, 4.69) is 10.5 Å². The van der Waals surface area contributed by atoms with Gasteiger partial charge in [0.2, 0.25) is 5.76 Å². The molecule has 1 atom stereocenters. The summed E-state index contributed by atoms with van der Waals surface area (Å²) in [7, 11) is 1.64. The number of aryl methyl sites for hydroxylation is 1. The maximum absolute atomic E-state index is 11.9. The second kappa shape index (κ2) is 6.23. The SMILES string of the molecule is COc1cccc(CC(C)NC(=O)c2cc(C)no2)c1. The Balaban J connectivity index is 1.94. The van der Waals surface area contributed by atoms with Crippen molar-refractivity contribution in [3.63, 3.8) is 0 Å². The van der Waals surface area contributed by atoms with Crippen molar-refractivity contribution < 1.29 is 14.1 Å². The van der Waals surface area contributed by atoms with Crippen LogP contribution in [0.5, 0.6) is 5.75 Å². The second-order valence-electron chi connectivity index (χ2n) is 4.76. The highest BCUT2D eigenvalue weighted by atomic mass is 16.5. The second-order valence-corrected chi connectivity index (χ2v) is 4.76. The van der Waals surface area contributed by atoms with Gasteiger partial charge in [0, 0.05) is 12.1 Å². The Labute approximate surface area is 117 Å². The molecule has 5 nitrogen and oxygen atoms in total. The van der Waals surface area contributed by atoms with E-state index in [-0.39, 0.29) is 17.7 Å². The Morgan fingerprint density at radius 2 is 2.25 bits per heavy atom. The molecular weight excluding hydrogens is 256 g/mol. The Hall–Kier alpha value is -2.30. The van der Waals surface area contributed by atoms with E-state index in [1.54, 1.807) is 20.1 Å². The molecule has 0 radical (unpaired) electrons. The highest BCUT2D eigenvalue weighted by Crippen LogP contribution is 2.14. The van der Waals surface area contributed by atoms with E-state index in [0.29, 0.717) is 5.69 Å². The third-order valence-electron chi connectivity index (χ3n) is 2.91. The molecule has 2 rings (SSSR count). The van der Waals surface area contributed by atoms with Crippen molar-refractivity contribution in [3.05, 3.63) is 47.3 Å². The molecule has 106 valence electrons. The molecule has 1 N–H and O–H groups in total. The molecular formula is C15H18N2O3. The van der Waals surface area contributed by atoms with Crippen molar-refractivity contribution in [1.82, 2.24) is 10.5 Å². The summed E-state index contributed by atoms with van der Waals surface area (Å²) in [6.45, 7) is 3.72. The zero-order valence-electron chi connectivity index (χ0n) is 11.8. The van der Waals surface area contributed by atoms with Gasteiger partial charge >= 0.3 is 0 Å². The Morgan fingerprint density at radius 1 is 1.45 bits per heavy atom. The lowest BCUT2D eigenvalue weighted by Gasteiger charge is -2.13. The summed E-state index contributed by atoms with van der Waals surface area (Å²) in [5.41, 5.74) is 1.79. The van der Waals surface area contributed by atoms with Crippen LogP contribution in [-0.2, 0) is 6.42 Å². The maximum Gasteiger partial charge on any atom is 0.290 e. The van der Waals surface area contributed by atoms with Crippen LogP contribution >= 0.6 is 0 Å². The summed E-state index contributed by atoms with van der Waals surface area (Å²) >= 11 is 0. The molecule has 0 saturated carbocycles. The fraction of sp³-hybridized carbons (Fsp3) is 0.333. The number of carbonyl (C=O) groups is 1. The van der Waals surface area contributed by atoms with Crippen LogP contribution in [-0.4, -0.2) is 24.2 Å². The molecule has 0 fully saturated rings. The lowest BCUT2D eigenvalue weighted by molar-refractivity contribution is 0.0903. The monoisotopic (exact) mass is 274 g/mol. The summed E-state index contributed by atoms with van der Waals surface area (Å²) in [6.07, 6.45) is 0.718. The first-order valence-electron chi connectivity index (χ1n) is 6.45. The average Bonchev–Trinajstić information content (AvgIpc) is 2.85. The summed E-state index contributed by atoms with van der Waals surface area (Å²) in [5, 5.41) is 6.58. The molecule has 1 aromatic heterocycles. The van der Waals surface area contributed by atoms with E-state index >= 15 is 0 Å². The Kier molecular flexibility index (Phi) is 4.40. The van der Waals surface area contributed by atoms with Crippen LogP contribution in [0.25, 0.3) is 0 Å². The number of nitrogens with one attached hydrogen (secondary N) is 1. The van der Waals surface area contributed by atoms with Crippen LogP contribution in [0.2, 0.25) is 0 Å². The topological polar surface area (TPSA) is 64.4 Å². The van der Waals surface area contributed by atoms with Crippen molar-refractivity contribution in [2.45, 2.75) is 26.3 Å². The fourth-order valence-corrected chi connectivity index (χ4v) is 1.97. The van der Waals surface area contributed by atoms with E-state index in [1.807, 2.05) is 31.2 Å². The first kappa shape index (κ1) is 14.1. The van der Waals surface area contributed by atoms with Gasteiger partial charge in [-0.3, -0.25) is 4.79 Å². The van der Waals surface area contributed by atoms with Crippen LogP contribution in [0.3, 0.4) is 0 Å². The minimum atomic E-state index is -0.249. The molecule has 0 aliphatic heterocycles. The van der Waals surface area contributed by atoms with Crippen molar-refractivity contribution in [3.8, 4) is 5.75 Å². The van der Waals surface area contributed by atoms with Gasteiger partial charge in [-0.1, -0.05) is 17.3 Å². The van der Waals surface area contributed by atoms with E-state index in [9.17, 15) is 4.79 Å². The average molecular weight is 274 g/mol. The van der Waals surface area contributed by atoms with Crippen molar-refractivity contribution >= 4 is 5.91 Å². The lowest BCUT2D eigenvalue weighted by atomic mass is 10.1. The molecule has 0 saturated heterocycles. The van der Waals surface area contributed by atoms with E-state index < -0.39 is 0 Å². The van der Waals surface area contributed by atoms with E-state index in [1.165, 1.54) is 0 Å². The van der Waals surface area contributed by atoms with Gasteiger partial charge in [0.15, 0.2) is 0 Å². The summed E-state index contributed by atoms with van der Waals surface area (Å²) in [4.78, 5) is 11.9. The van der Waals surface area contributed by atoms with Gasteiger partial charge in [0.25, 0.3) is 5.91 Å². The largest absolute Gasteiger partial charge is 0.497 e. The standard InChI is InChI=1S/C15H18N2O3/c1-10(7-12-5-4-6-13(9-12)19-3)16-15(18)14-8-11(2)17-20-14/h4-6,8-10H,7H2,1-3H3,(H,16,18). The molecule has 1 heterocycles. The molecule has 1 unspecified atom stereocenters. The molecule has 0 aliphatic rings. The molecule has 1 aromatic carbocycles. The van der Waals surface area contributed by atoms with Crippen LogP contribution in [0, 0.1) is 6.92 Å². The van der Waals surface area contributed by atoms with Crippen molar-refractivity contribution in [1.29, 1.82) is 0 Å². The number of rotatable bonds is 5. The number of hydrogen-bond acceptors (Lipinski definition) is 4. The normalized spacial score (nSPS) is 11.9. The molecule has 20 heavy (non-hydrogen) atoms. The van der Waals surface area contributed by atoms with Gasteiger partial charge in [0.05, 0.1) is 12.8 Å². The smallest absolute Gasteiger partial charge is 0.290 e. The summed E-state index contributed by atoms with van der Waals surface area (Å²) in [6, 6.07) is 9.39. The van der Waals surface area contributed by atoms with Gasteiger partial charge in [-0.05, 0) is 38.0 Å². The molecule has 0 spiro atoms. The van der Waals surface area contributed by atoms with Crippen LogP contribution < -0.4 is 10.1 Å². The van der Waals surface area contributed by atoms with Crippen molar-refractivity contribution in [2.75, 3.05) is 7.11 Å². The number of methoxy groups -OCH3 is 1. The molecule has 0 aliphatic carbocycles. The first-order chi connectivity index (χ1) is 9.58. The van der Waals surface area contributed by atoms with Gasteiger partial charge in [-0.15, -0.1) is 0 Å². The minimum absolute atomic E-state index is 0.0139. The number of amides is 1. The molecule has 0 bridgehead atoms. The number of hydrogen-bond donors (Lipinski definition) is 1. The third kappa shape index (κ3) is 3.60. The van der Waals surface area contributed by atoms with E-state index in [4.69, 9.17) is 9.26 Å². The quantitative estimate of drug-likeness (QED) is 0.909. The third-order valence-corrected chi connectivity index (χ3v) is 2.91. The molecule has 2 aromatic rings. The summed E-state index contributed by atoms with van der Waals surface area (Å²) < 4.78 is 10.1. The van der Waals surface area contributed by atoms with Crippen LogP contribution in [0.1, 0.15) is 28.7 Å². The summed E-state index contributed by atoms with van der Waals surface area (Å²) in [5.74, 6) is 0.799. The number of ether oxygens (including phenoxy) is 1. The predicted octanol–water partition coefficient (Wildman–Crippen LogP) is 2.35. The maximum atomic E-state index is 11.9. The predicted molar refractivity (Wildman–Crippen MR) is 74.9 cm³/mol. The highest BCUT2D eigenvalue weighted by molar-refractivity contribution is 5.91. The number of benzene rings is 1. The number of nitrogens with zero attached hydrogens (tertiary/aromatic N) is 1. The number of aromatic nitrogens is 1. The zero-order valence-corrected chi connectivity index (χ0v) is 11.8. The van der Waals surface area contributed by atoms with Crippen LogP contribution in [0.15, 0.2) is 34.9 Å². The lowest BCUT2D eigenvalue weighted by Crippen LogP contribution is -2.33. The van der Waals surface area contributed by atoms with Gasteiger partial charge in [0.1, 0.15) is 5.75 Å². The Morgan fingerprint density at radius 3 is 2.90 bits per heavy atom. The minimum Gasteiger partial charge on any atom is -0.497 e. The first-order valence-corrected chi connectivity index (χ1v) is 6.45. The van der Waals surface area contributed by atoms with Gasteiger partial charge < -0.3 is 14.6 Å². The highest BCUT2D eigenvalue weighted by Gasteiger charge is 2.14.